The maximum absolute atomic E-state index is 11.8. The summed E-state index contributed by atoms with van der Waals surface area (Å²) < 4.78 is 4.97. The lowest BCUT2D eigenvalue weighted by molar-refractivity contribution is -0.129. The average Bonchev–Trinajstić information content (AvgIpc) is 2.93. The molecule has 0 spiro atoms. The molecule has 18 heavy (non-hydrogen) atoms. The van der Waals surface area contributed by atoms with Crippen molar-refractivity contribution in [1.82, 2.24) is 14.9 Å². The molecule has 1 saturated heterocycles. The van der Waals surface area contributed by atoms with Crippen LogP contribution in [0.4, 0.5) is 5.95 Å². The molecule has 1 aromatic heterocycles. The van der Waals surface area contributed by atoms with E-state index in [-0.39, 0.29) is 5.91 Å². The summed E-state index contributed by atoms with van der Waals surface area (Å²) in [6.07, 6.45) is 5.92. The van der Waals surface area contributed by atoms with Gasteiger partial charge >= 0.3 is 0 Å². The molecule has 0 unspecified atom stereocenters. The summed E-state index contributed by atoms with van der Waals surface area (Å²) in [5, 5.41) is 3.03. The van der Waals surface area contributed by atoms with E-state index < -0.39 is 0 Å². The predicted octanol–water partition coefficient (Wildman–Crippen LogP) is 0.910. The van der Waals surface area contributed by atoms with Crippen molar-refractivity contribution in [2.24, 2.45) is 0 Å². The molecule has 0 saturated carbocycles. The number of carbonyl (C=O) groups is 1. The number of amides is 1. The number of methoxy groups -OCH3 is 1. The van der Waals surface area contributed by atoms with Gasteiger partial charge in [0.1, 0.15) is 0 Å². The van der Waals surface area contributed by atoms with E-state index in [0.29, 0.717) is 24.7 Å². The monoisotopic (exact) mass is 250 g/mol. The van der Waals surface area contributed by atoms with Crippen LogP contribution in [-0.2, 0) is 4.79 Å². The number of likely N-dealkylation sites (tertiary alicyclic amines) is 1. The van der Waals surface area contributed by atoms with Gasteiger partial charge in [-0.25, -0.2) is 9.97 Å². The molecule has 0 aliphatic carbocycles. The van der Waals surface area contributed by atoms with Crippen molar-refractivity contribution < 1.29 is 9.53 Å². The summed E-state index contributed by atoms with van der Waals surface area (Å²) in [4.78, 5) is 21.8. The van der Waals surface area contributed by atoms with Crippen LogP contribution in [0.1, 0.15) is 19.3 Å². The Morgan fingerprint density at radius 3 is 2.67 bits per heavy atom. The third kappa shape index (κ3) is 3.32. The highest BCUT2D eigenvalue weighted by Crippen LogP contribution is 2.09. The lowest BCUT2D eigenvalue weighted by atomic mass is 10.3. The zero-order chi connectivity index (χ0) is 12.8. The van der Waals surface area contributed by atoms with E-state index in [1.54, 1.807) is 19.5 Å². The van der Waals surface area contributed by atoms with Crippen LogP contribution in [0.3, 0.4) is 0 Å². The van der Waals surface area contributed by atoms with Gasteiger partial charge in [-0.3, -0.25) is 4.79 Å². The quantitative estimate of drug-likeness (QED) is 0.841. The van der Waals surface area contributed by atoms with Crippen LogP contribution in [0.25, 0.3) is 0 Å². The molecular formula is C12H18N4O2. The Balaban J connectivity index is 1.72. The molecule has 2 heterocycles. The smallest absolute Gasteiger partial charge is 0.224 e. The first kappa shape index (κ1) is 12.6. The molecule has 6 heteroatoms. The topological polar surface area (TPSA) is 67.3 Å². The van der Waals surface area contributed by atoms with Gasteiger partial charge in [-0.2, -0.15) is 0 Å². The van der Waals surface area contributed by atoms with Crippen molar-refractivity contribution in [2.45, 2.75) is 19.3 Å². The number of ether oxygens (including phenoxy) is 1. The molecule has 1 N–H and O–H groups in total. The summed E-state index contributed by atoms with van der Waals surface area (Å²) in [7, 11) is 1.57. The molecule has 98 valence electrons. The van der Waals surface area contributed by atoms with Crippen molar-refractivity contribution in [3.63, 3.8) is 0 Å². The summed E-state index contributed by atoms with van der Waals surface area (Å²) in [5.74, 6) is 1.34. The number of carbonyl (C=O) groups excluding carboxylic acids is 1. The molecule has 0 bridgehead atoms. The highest BCUT2D eigenvalue weighted by atomic mass is 16.5. The van der Waals surface area contributed by atoms with Crippen LogP contribution in [0, 0.1) is 0 Å². The van der Waals surface area contributed by atoms with Crippen molar-refractivity contribution >= 4 is 11.9 Å². The first-order valence-electron chi connectivity index (χ1n) is 6.17. The lowest BCUT2D eigenvalue weighted by Crippen LogP contribution is -2.29. The number of hydrogen-bond acceptors (Lipinski definition) is 5. The molecule has 1 amide bonds. The Hall–Kier alpha value is -1.85. The van der Waals surface area contributed by atoms with Gasteiger partial charge in [-0.15, -0.1) is 0 Å². The van der Waals surface area contributed by atoms with E-state index >= 15 is 0 Å². The van der Waals surface area contributed by atoms with Crippen molar-refractivity contribution in [1.29, 1.82) is 0 Å². The molecule has 0 radical (unpaired) electrons. The number of rotatable bonds is 5. The minimum atomic E-state index is 0.202. The fourth-order valence-corrected chi connectivity index (χ4v) is 1.92. The van der Waals surface area contributed by atoms with Gasteiger partial charge in [0.15, 0.2) is 5.75 Å². The summed E-state index contributed by atoms with van der Waals surface area (Å²) >= 11 is 0. The molecule has 6 nitrogen and oxygen atoms in total. The predicted molar refractivity (Wildman–Crippen MR) is 67.5 cm³/mol. The Kier molecular flexibility index (Phi) is 4.33. The van der Waals surface area contributed by atoms with Gasteiger partial charge in [0.25, 0.3) is 0 Å². The van der Waals surface area contributed by atoms with Crippen LogP contribution in [0.15, 0.2) is 12.4 Å². The fourth-order valence-electron chi connectivity index (χ4n) is 1.92. The van der Waals surface area contributed by atoms with Crippen molar-refractivity contribution in [3.05, 3.63) is 12.4 Å². The van der Waals surface area contributed by atoms with Crippen LogP contribution >= 0.6 is 0 Å². The van der Waals surface area contributed by atoms with E-state index in [2.05, 4.69) is 15.3 Å². The Bertz CT molecular complexity index is 388. The zero-order valence-electron chi connectivity index (χ0n) is 10.6. The molecule has 0 aromatic carbocycles. The van der Waals surface area contributed by atoms with Gasteiger partial charge in [0.05, 0.1) is 19.5 Å². The summed E-state index contributed by atoms with van der Waals surface area (Å²) in [6, 6.07) is 0. The molecular weight excluding hydrogens is 232 g/mol. The van der Waals surface area contributed by atoms with Gasteiger partial charge in [-0.1, -0.05) is 0 Å². The third-order valence-corrected chi connectivity index (χ3v) is 2.94. The minimum Gasteiger partial charge on any atom is -0.494 e. The van der Waals surface area contributed by atoms with E-state index in [1.165, 1.54) is 0 Å². The van der Waals surface area contributed by atoms with Crippen molar-refractivity contribution in [2.75, 3.05) is 32.1 Å². The standard InChI is InChI=1S/C12H18N4O2/c1-18-10-8-14-12(15-9-10)13-5-4-11(17)16-6-2-3-7-16/h8-9H,2-7H2,1H3,(H,13,14,15). The van der Waals surface area contributed by atoms with E-state index in [9.17, 15) is 4.79 Å². The average molecular weight is 250 g/mol. The highest BCUT2D eigenvalue weighted by Gasteiger charge is 2.16. The van der Waals surface area contributed by atoms with Crippen LogP contribution in [0.2, 0.25) is 0 Å². The number of nitrogens with zero attached hydrogens (tertiary/aromatic N) is 3. The Morgan fingerprint density at radius 2 is 2.06 bits per heavy atom. The van der Waals surface area contributed by atoms with Gasteiger partial charge in [0, 0.05) is 26.1 Å². The molecule has 1 aliphatic rings. The minimum absolute atomic E-state index is 0.202. The van der Waals surface area contributed by atoms with Gasteiger partial charge < -0.3 is 15.0 Å². The normalized spacial score (nSPS) is 14.6. The zero-order valence-corrected chi connectivity index (χ0v) is 10.6. The maximum Gasteiger partial charge on any atom is 0.224 e. The first-order valence-corrected chi connectivity index (χ1v) is 6.17. The second kappa shape index (κ2) is 6.18. The molecule has 0 atom stereocenters. The summed E-state index contributed by atoms with van der Waals surface area (Å²) in [5.41, 5.74) is 0. The highest BCUT2D eigenvalue weighted by molar-refractivity contribution is 5.76. The van der Waals surface area contributed by atoms with Crippen LogP contribution in [-0.4, -0.2) is 47.5 Å². The fraction of sp³-hybridized carbons (Fsp3) is 0.583. The van der Waals surface area contributed by atoms with E-state index in [4.69, 9.17) is 4.74 Å². The van der Waals surface area contributed by atoms with Gasteiger partial charge in [-0.05, 0) is 12.8 Å². The molecule has 1 fully saturated rings. The SMILES string of the molecule is COc1cnc(NCCC(=O)N2CCCC2)nc1. The lowest BCUT2D eigenvalue weighted by Gasteiger charge is -2.15. The first-order chi connectivity index (χ1) is 8.79. The second-order valence-electron chi connectivity index (χ2n) is 4.21. The molecule has 1 aliphatic heterocycles. The van der Waals surface area contributed by atoms with Crippen LogP contribution in [0.5, 0.6) is 5.75 Å². The number of hydrogen-bond donors (Lipinski definition) is 1. The second-order valence-corrected chi connectivity index (χ2v) is 4.21. The van der Waals surface area contributed by atoms with E-state index in [0.717, 1.165) is 25.9 Å². The summed E-state index contributed by atoms with van der Waals surface area (Å²) in [6.45, 7) is 2.36. The van der Waals surface area contributed by atoms with E-state index in [1.807, 2.05) is 4.90 Å². The Labute approximate surface area is 106 Å². The molecule has 2 rings (SSSR count). The number of aromatic nitrogens is 2. The van der Waals surface area contributed by atoms with Crippen LogP contribution < -0.4 is 10.1 Å². The largest absolute Gasteiger partial charge is 0.494 e. The number of nitrogens with one attached hydrogen (secondary N) is 1. The molecule has 1 aromatic rings. The van der Waals surface area contributed by atoms with Crippen molar-refractivity contribution in [3.8, 4) is 5.75 Å². The third-order valence-electron chi connectivity index (χ3n) is 2.94. The maximum atomic E-state index is 11.8. The van der Waals surface area contributed by atoms with Gasteiger partial charge in [0.2, 0.25) is 11.9 Å². The Morgan fingerprint density at radius 1 is 1.39 bits per heavy atom. The number of anilines is 1.